The van der Waals surface area contributed by atoms with Gasteiger partial charge >= 0.3 is 0 Å². The van der Waals surface area contributed by atoms with Gasteiger partial charge in [-0.25, -0.2) is 4.39 Å². The van der Waals surface area contributed by atoms with Crippen LogP contribution in [0.3, 0.4) is 0 Å². The van der Waals surface area contributed by atoms with Crippen molar-refractivity contribution in [1.29, 1.82) is 0 Å². The van der Waals surface area contributed by atoms with Gasteiger partial charge in [-0.15, -0.1) is 0 Å². The maximum Gasteiger partial charge on any atom is 0.137 e. The first-order valence-electron chi connectivity index (χ1n) is 6.53. The van der Waals surface area contributed by atoms with E-state index < -0.39 is 0 Å². The summed E-state index contributed by atoms with van der Waals surface area (Å²) in [5.74, 6) is -0.236. The average Bonchev–Trinajstić information content (AvgIpc) is 2.43. The maximum atomic E-state index is 13.5. The van der Waals surface area contributed by atoms with Gasteiger partial charge in [0.05, 0.1) is 4.47 Å². The predicted octanol–water partition coefficient (Wildman–Crippen LogP) is 5.48. The summed E-state index contributed by atoms with van der Waals surface area (Å²) in [5.41, 5.74) is 2.07. The highest BCUT2D eigenvalue weighted by Crippen LogP contribution is 2.21. The molecule has 0 fully saturated rings. The van der Waals surface area contributed by atoms with E-state index >= 15 is 0 Å². The Hall–Kier alpha value is -0.900. The number of hydrogen-bond donors (Lipinski definition) is 1. The zero-order valence-corrected chi connectivity index (χ0v) is 13.5. The smallest absolute Gasteiger partial charge is 0.137 e. The second-order valence-electron chi connectivity index (χ2n) is 4.65. The molecular weight excluding hydrogens is 341 g/mol. The summed E-state index contributed by atoms with van der Waals surface area (Å²) in [5, 5.41) is 4.17. The van der Waals surface area contributed by atoms with Gasteiger partial charge in [0.2, 0.25) is 0 Å². The Morgan fingerprint density at radius 1 is 1.25 bits per heavy atom. The molecule has 106 valence electrons. The summed E-state index contributed by atoms with van der Waals surface area (Å²) < 4.78 is 14.0. The van der Waals surface area contributed by atoms with Crippen LogP contribution in [-0.4, -0.2) is 0 Å². The van der Waals surface area contributed by atoms with Crippen LogP contribution in [0.25, 0.3) is 0 Å². The lowest BCUT2D eigenvalue weighted by Crippen LogP contribution is -2.20. The van der Waals surface area contributed by atoms with E-state index in [2.05, 4.69) is 34.2 Å². The lowest BCUT2D eigenvalue weighted by atomic mass is 10.0. The van der Waals surface area contributed by atoms with Crippen LogP contribution < -0.4 is 5.32 Å². The molecule has 0 aliphatic rings. The third-order valence-corrected chi connectivity index (χ3v) is 4.07. The number of hydrogen-bond acceptors (Lipinski definition) is 1. The molecule has 0 saturated heterocycles. The molecule has 1 N–H and O–H groups in total. The van der Waals surface area contributed by atoms with Gasteiger partial charge in [-0.2, -0.15) is 0 Å². The highest BCUT2D eigenvalue weighted by Gasteiger charge is 2.09. The summed E-state index contributed by atoms with van der Waals surface area (Å²) >= 11 is 9.18. The summed E-state index contributed by atoms with van der Waals surface area (Å²) in [6.45, 7) is 2.73. The first-order valence-corrected chi connectivity index (χ1v) is 7.70. The maximum absolute atomic E-state index is 13.5. The fourth-order valence-corrected chi connectivity index (χ4v) is 2.56. The molecule has 1 nitrogen and oxygen atoms in total. The molecule has 0 saturated carbocycles. The molecule has 0 aliphatic heterocycles. The molecular formula is C16H16BrClFN. The van der Waals surface area contributed by atoms with Crippen LogP contribution in [-0.2, 0) is 6.54 Å². The molecule has 0 aliphatic carbocycles. The molecule has 2 aromatic carbocycles. The Morgan fingerprint density at radius 3 is 2.70 bits per heavy atom. The molecule has 0 radical (unpaired) electrons. The molecule has 0 aromatic heterocycles. The molecule has 2 aromatic rings. The topological polar surface area (TPSA) is 12.0 Å². The van der Waals surface area contributed by atoms with E-state index in [1.807, 2.05) is 24.3 Å². The highest BCUT2D eigenvalue weighted by atomic mass is 79.9. The Kier molecular flexibility index (Phi) is 5.58. The zero-order valence-electron chi connectivity index (χ0n) is 11.2. The quantitative estimate of drug-likeness (QED) is 0.747. The van der Waals surface area contributed by atoms with Crippen LogP contribution in [0.1, 0.15) is 30.5 Å². The zero-order chi connectivity index (χ0) is 14.5. The van der Waals surface area contributed by atoms with E-state index in [-0.39, 0.29) is 11.9 Å². The second-order valence-corrected chi connectivity index (χ2v) is 5.94. The monoisotopic (exact) mass is 355 g/mol. The van der Waals surface area contributed by atoms with Crippen LogP contribution in [0, 0.1) is 5.82 Å². The first-order chi connectivity index (χ1) is 9.60. The largest absolute Gasteiger partial charge is 0.306 e. The van der Waals surface area contributed by atoms with Crippen molar-refractivity contribution in [2.75, 3.05) is 0 Å². The van der Waals surface area contributed by atoms with Gasteiger partial charge in [0, 0.05) is 17.6 Å². The minimum absolute atomic E-state index is 0.209. The van der Waals surface area contributed by atoms with Crippen LogP contribution in [0.4, 0.5) is 4.39 Å². The number of halogens is 3. The molecule has 1 atom stereocenters. The molecule has 0 heterocycles. The summed E-state index contributed by atoms with van der Waals surface area (Å²) in [4.78, 5) is 0. The fourth-order valence-electron chi connectivity index (χ4n) is 2.11. The van der Waals surface area contributed by atoms with Crippen molar-refractivity contribution in [3.63, 3.8) is 0 Å². The Bertz CT molecular complexity index is 588. The van der Waals surface area contributed by atoms with Gasteiger partial charge in [-0.05, 0) is 57.7 Å². The Balaban J connectivity index is 2.05. The Labute approximate surface area is 132 Å². The van der Waals surface area contributed by atoms with Gasteiger partial charge in [-0.1, -0.05) is 36.7 Å². The van der Waals surface area contributed by atoms with E-state index in [1.54, 1.807) is 12.1 Å². The van der Waals surface area contributed by atoms with Gasteiger partial charge < -0.3 is 5.32 Å². The molecule has 4 heteroatoms. The predicted molar refractivity (Wildman–Crippen MR) is 85.4 cm³/mol. The minimum Gasteiger partial charge on any atom is -0.306 e. The van der Waals surface area contributed by atoms with Gasteiger partial charge in [0.15, 0.2) is 0 Å². The molecule has 0 spiro atoms. The SMILES string of the molecule is CCC(NCc1ccc(Br)c(F)c1)c1cccc(Cl)c1. The number of rotatable bonds is 5. The van der Waals surface area contributed by atoms with Crippen molar-refractivity contribution in [2.45, 2.75) is 25.9 Å². The van der Waals surface area contributed by atoms with E-state index in [0.717, 1.165) is 22.6 Å². The average molecular weight is 357 g/mol. The van der Waals surface area contributed by atoms with Crippen LogP contribution in [0.2, 0.25) is 5.02 Å². The van der Waals surface area contributed by atoms with Crippen LogP contribution in [0.15, 0.2) is 46.9 Å². The third kappa shape index (κ3) is 4.05. The fraction of sp³-hybridized carbons (Fsp3) is 0.250. The highest BCUT2D eigenvalue weighted by molar-refractivity contribution is 9.10. The Morgan fingerprint density at radius 2 is 2.05 bits per heavy atom. The van der Waals surface area contributed by atoms with Crippen LogP contribution >= 0.6 is 27.5 Å². The lowest BCUT2D eigenvalue weighted by molar-refractivity contribution is 0.517. The molecule has 2 rings (SSSR count). The van der Waals surface area contributed by atoms with E-state index in [0.29, 0.717) is 11.0 Å². The summed E-state index contributed by atoms with van der Waals surface area (Å²) in [7, 11) is 0. The molecule has 20 heavy (non-hydrogen) atoms. The molecule has 0 bridgehead atoms. The van der Waals surface area contributed by atoms with Crippen molar-refractivity contribution >= 4 is 27.5 Å². The van der Waals surface area contributed by atoms with Crippen LogP contribution in [0.5, 0.6) is 0 Å². The van der Waals surface area contributed by atoms with E-state index in [9.17, 15) is 4.39 Å². The van der Waals surface area contributed by atoms with E-state index in [4.69, 9.17) is 11.6 Å². The molecule has 1 unspecified atom stereocenters. The van der Waals surface area contributed by atoms with Crippen molar-refractivity contribution in [2.24, 2.45) is 0 Å². The van der Waals surface area contributed by atoms with Crippen molar-refractivity contribution in [3.05, 3.63) is 68.9 Å². The van der Waals surface area contributed by atoms with E-state index in [1.165, 1.54) is 0 Å². The minimum atomic E-state index is -0.236. The first kappa shape index (κ1) is 15.5. The lowest BCUT2D eigenvalue weighted by Gasteiger charge is -2.18. The summed E-state index contributed by atoms with van der Waals surface area (Å²) in [6.07, 6.45) is 0.944. The van der Waals surface area contributed by atoms with Gasteiger partial charge in [0.1, 0.15) is 5.82 Å². The van der Waals surface area contributed by atoms with Crippen molar-refractivity contribution in [1.82, 2.24) is 5.32 Å². The van der Waals surface area contributed by atoms with Crippen molar-refractivity contribution < 1.29 is 4.39 Å². The third-order valence-electron chi connectivity index (χ3n) is 3.20. The van der Waals surface area contributed by atoms with Gasteiger partial charge in [0.25, 0.3) is 0 Å². The van der Waals surface area contributed by atoms with Gasteiger partial charge in [-0.3, -0.25) is 0 Å². The van der Waals surface area contributed by atoms with Crippen molar-refractivity contribution in [3.8, 4) is 0 Å². The molecule has 0 amide bonds. The normalized spacial score (nSPS) is 12.4. The number of nitrogens with one attached hydrogen (secondary N) is 1. The second kappa shape index (κ2) is 7.21. The number of benzene rings is 2. The summed E-state index contributed by atoms with van der Waals surface area (Å²) in [6, 6.07) is 13.2. The standard InChI is InChI=1S/C16H16BrClFN/c1-2-16(12-4-3-5-13(18)9-12)20-10-11-6-7-14(17)15(19)8-11/h3-9,16,20H,2,10H2,1H3.